The molecule has 9 heteroatoms. The van der Waals surface area contributed by atoms with Crippen LogP contribution >= 0.6 is 0 Å². The minimum Gasteiger partial charge on any atom is -0.464 e. The fourth-order valence-corrected chi connectivity index (χ4v) is 1.84. The van der Waals surface area contributed by atoms with E-state index in [1.165, 1.54) is 12.1 Å². The maximum absolute atomic E-state index is 11.2. The maximum atomic E-state index is 11.2. The Morgan fingerprint density at radius 2 is 1.90 bits per heavy atom. The van der Waals surface area contributed by atoms with Crippen molar-refractivity contribution < 1.29 is 19.6 Å². The first kappa shape index (κ1) is 16.4. The van der Waals surface area contributed by atoms with Gasteiger partial charge >= 0.3 is 6.09 Å². The van der Waals surface area contributed by atoms with E-state index in [2.05, 4.69) is 0 Å². The average molecular weight is 296 g/mol. The second-order valence-corrected chi connectivity index (χ2v) is 4.42. The standard InChI is InChI=1S/C12H16N4O5/c13-11(17)10(15(14)12(18)19)3-1-2-8-4-6-9(7-5-8)16(20)21/h4-7,10H,1-3,14H2,(H2,13,17)(H,18,19). The highest BCUT2D eigenvalue weighted by Crippen LogP contribution is 2.14. The minimum atomic E-state index is -1.44. The summed E-state index contributed by atoms with van der Waals surface area (Å²) in [5, 5.41) is 19.6. The highest BCUT2D eigenvalue weighted by Gasteiger charge is 2.24. The largest absolute Gasteiger partial charge is 0.464 e. The smallest absolute Gasteiger partial charge is 0.422 e. The molecule has 0 radical (unpaired) electrons. The highest BCUT2D eigenvalue weighted by atomic mass is 16.6. The Balaban J connectivity index is 2.56. The molecule has 0 aromatic heterocycles. The van der Waals surface area contributed by atoms with Crippen molar-refractivity contribution in [3.63, 3.8) is 0 Å². The molecular weight excluding hydrogens is 280 g/mol. The van der Waals surface area contributed by atoms with Gasteiger partial charge in [-0.2, -0.15) is 0 Å². The lowest BCUT2D eigenvalue weighted by molar-refractivity contribution is -0.384. The number of amides is 2. The minimum absolute atomic E-state index is 0.00669. The van der Waals surface area contributed by atoms with Gasteiger partial charge in [0.25, 0.3) is 5.69 Å². The molecule has 5 N–H and O–H groups in total. The monoisotopic (exact) mass is 296 g/mol. The van der Waals surface area contributed by atoms with Crippen LogP contribution in [0.4, 0.5) is 10.5 Å². The van der Waals surface area contributed by atoms with Gasteiger partial charge in [-0.1, -0.05) is 12.1 Å². The van der Waals surface area contributed by atoms with E-state index in [0.717, 1.165) is 5.56 Å². The fraction of sp³-hybridized carbons (Fsp3) is 0.333. The summed E-state index contributed by atoms with van der Waals surface area (Å²) in [4.78, 5) is 31.9. The number of nitrogens with zero attached hydrogens (tertiary/aromatic N) is 2. The third-order valence-corrected chi connectivity index (χ3v) is 2.98. The highest BCUT2D eigenvalue weighted by molar-refractivity contribution is 5.83. The average Bonchev–Trinajstić information content (AvgIpc) is 2.42. The number of carbonyl (C=O) groups is 2. The van der Waals surface area contributed by atoms with E-state index in [1.807, 2.05) is 0 Å². The van der Waals surface area contributed by atoms with Crippen molar-refractivity contribution in [2.75, 3.05) is 0 Å². The van der Waals surface area contributed by atoms with Crippen molar-refractivity contribution in [3.05, 3.63) is 39.9 Å². The molecule has 0 saturated heterocycles. The van der Waals surface area contributed by atoms with E-state index in [4.69, 9.17) is 16.7 Å². The molecule has 1 rings (SSSR count). The lowest BCUT2D eigenvalue weighted by atomic mass is 10.0. The van der Waals surface area contributed by atoms with Gasteiger partial charge in [0.2, 0.25) is 5.91 Å². The fourth-order valence-electron chi connectivity index (χ4n) is 1.84. The zero-order chi connectivity index (χ0) is 16.0. The van der Waals surface area contributed by atoms with Crippen LogP contribution in [0.1, 0.15) is 18.4 Å². The van der Waals surface area contributed by atoms with E-state index >= 15 is 0 Å². The molecule has 1 atom stereocenters. The molecular formula is C12H16N4O5. The van der Waals surface area contributed by atoms with Gasteiger partial charge in [0, 0.05) is 12.1 Å². The SMILES string of the molecule is NC(=O)C(CCCc1ccc([N+](=O)[O-])cc1)N(N)C(=O)O. The molecule has 0 aliphatic rings. The molecule has 0 bridgehead atoms. The van der Waals surface area contributed by atoms with Gasteiger partial charge in [-0.15, -0.1) is 0 Å². The molecule has 1 unspecified atom stereocenters. The van der Waals surface area contributed by atoms with Crippen LogP contribution in [0.15, 0.2) is 24.3 Å². The molecule has 21 heavy (non-hydrogen) atoms. The quantitative estimate of drug-likeness (QED) is 0.290. The Bertz CT molecular complexity index is 531. The summed E-state index contributed by atoms with van der Waals surface area (Å²) >= 11 is 0. The zero-order valence-electron chi connectivity index (χ0n) is 11.1. The second-order valence-electron chi connectivity index (χ2n) is 4.42. The Hall–Kier alpha value is -2.68. The first-order chi connectivity index (χ1) is 9.82. The molecule has 9 nitrogen and oxygen atoms in total. The topological polar surface area (TPSA) is 153 Å². The Kier molecular flexibility index (Phi) is 5.61. The van der Waals surface area contributed by atoms with Crippen LogP contribution in [0, 0.1) is 10.1 Å². The van der Waals surface area contributed by atoms with E-state index in [1.54, 1.807) is 12.1 Å². The number of aryl methyl sites for hydroxylation is 1. The number of carboxylic acid groups (broad SMARTS) is 1. The van der Waals surface area contributed by atoms with Gasteiger partial charge in [0.05, 0.1) is 4.92 Å². The third kappa shape index (κ3) is 4.73. The van der Waals surface area contributed by atoms with E-state index in [-0.39, 0.29) is 12.1 Å². The third-order valence-electron chi connectivity index (χ3n) is 2.98. The number of primary amides is 1. The number of carbonyl (C=O) groups excluding carboxylic acids is 1. The van der Waals surface area contributed by atoms with Gasteiger partial charge in [0.1, 0.15) is 6.04 Å². The first-order valence-electron chi connectivity index (χ1n) is 6.12. The number of rotatable bonds is 7. The molecule has 0 saturated carbocycles. The number of hydrogen-bond donors (Lipinski definition) is 3. The molecule has 0 heterocycles. The lowest BCUT2D eigenvalue weighted by Crippen LogP contribution is -2.51. The number of non-ortho nitro benzene ring substituents is 1. The Labute approximate surface area is 120 Å². The molecule has 0 aliphatic heterocycles. The number of nitro benzene ring substituents is 1. The van der Waals surface area contributed by atoms with Crippen molar-refractivity contribution in [3.8, 4) is 0 Å². The molecule has 0 fully saturated rings. The van der Waals surface area contributed by atoms with Crippen LogP contribution in [0.5, 0.6) is 0 Å². The number of hydrogen-bond acceptors (Lipinski definition) is 5. The van der Waals surface area contributed by atoms with Crippen LogP contribution in [0.25, 0.3) is 0 Å². The van der Waals surface area contributed by atoms with Crippen LogP contribution in [0.3, 0.4) is 0 Å². The predicted octanol–water partition coefficient (Wildman–Crippen LogP) is 0.625. The van der Waals surface area contributed by atoms with Crippen molar-refractivity contribution in [2.45, 2.75) is 25.3 Å². The summed E-state index contributed by atoms with van der Waals surface area (Å²) < 4.78 is 0. The number of benzene rings is 1. The van der Waals surface area contributed by atoms with Gasteiger partial charge in [-0.25, -0.2) is 15.6 Å². The summed E-state index contributed by atoms with van der Waals surface area (Å²) in [6, 6.07) is 4.88. The van der Waals surface area contributed by atoms with Gasteiger partial charge in [0.15, 0.2) is 0 Å². The number of hydrazine groups is 1. The predicted molar refractivity (Wildman–Crippen MR) is 73.1 cm³/mol. The molecule has 1 aromatic rings. The Morgan fingerprint density at radius 1 is 1.33 bits per heavy atom. The van der Waals surface area contributed by atoms with Crippen LogP contribution < -0.4 is 11.6 Å². The lowest BCUT2D eigenvalue weighted by Gasteiger charge is -2.21. The Morgan fingerprint density at radius 3 is 2.33 bits per heavy atom. The summed E-state index contributed by atoms with van der Waals surface area (Å²) in [5.41, 5.74) is 5.94. The normalized spacial score (nSPS) is 11.7. The first-order valence-corrected chi connectivity index (χ1v) is 6.12. The molecule has 2 amide bonds. The van der Waals surface area contributed by atoms with Gasteiger partial charge in [-0.3, -0.25) is 14.9 Å². The zero-order valence-corrected chi connectivity index (χ0v) is 11.1. The second kappa shape index (κ2) is 7.20. The number of nitrogens with two attached hydrogens (primary N) is 2. The maximum Gasteiger partial charge on any atom is 0.422 e. The molecule has 114 valence electrons. The van der Waals surface area contributed by atoms with Crippen LogP contribution in [0.2, 0.25) is 0 Å². The van der Waals surface area contributed by atoms with Crippen LogP contribution in [-0.2, 0) is 11.2 Å². The van der Waals surface area contributed by atoms with Crippen molar-refractivity contribution in [1.29, 1.82) is 0 Å². The van der Waals surface area contributed by atoms with Gasteiger partial charge in [-0.05, 0) is 24.8 Å². The van der Waals surface area contributed by atoms with E-state index in [9.17, 15) is 19.7 Å². The summed E-state index contributed by atoms with van der Waals surface area (Å²) in [6.07, 6.45) is -0.273. The van der Waals surface area contributed by atoms with E-state index < -0.39 is 23.0 Å². The number of nitro groups is 1. The molecule has 0 spiro atoms. The van der Waals surface area contributed by atoms with Crippen molar-refractivity contribution in [1.82, 2.24) is 5.01 Å². The van der Waals surface area contributed by atoms with E-state index in [0.29, 0.717) is 17.9 Å². The summed E-state index contributed by atoms with van der Waals surface area (Å²) in [6.45, 7) is 0. The summed E-state index contributed by atoms with van der Waals surface area (Å²) in [7, 11) is 0. The van der Waals surface area contributed by atoms with Crippen LogP contribution in [-0.4, -0.2) is 33.1 Å². The molecule has 0 aliphatic carbocycles. The van der Waals surface area contributed by atoms with Gasteiger partial charge < -0.3 is 10.8 Å². The summed E-state index contributed by atoms with van der Waals surface area (Å²) in [5.74, 6) is 4.44. The van der Waals surface area contributed by atoms with Crippen molar-refractivity contribution in [2.24, 2.45) is 11.6 Å². The van der Waals surface area contributed by atoms with Crippen molar-refractivity contribution >= 4 is 17.7 Å². The molecule has 1 aromatic carbocycles.